The average molecular weight is 274 g/mol. The lowest BCUT2D eigenvalue weighted by Crippen LogP contribution is -2.32. The summed E-state index contributed by atoms with van der Waals surface area (Å²) in [6.07, 6.45) is 8.65. The van der Waals surface area contributed by atoms with Gasteiger partial charge in [0.1, 0.15) is 0 Å². The van der Waals surface area contributed by atoms with Crippen LogP contribution < -0.4 is 5.32 Å². The van der Waals surface area contributed by atoms with E-state index in [0.717, 1.165) is 18.4 Å². The van der Waals surface area contributed by atoms with Gasteiger partial charge in [0.05, 0.1) is 11.7 Å². The second-order valence-electron chi connectivity index (χ2n) is 6.67. The second-order valence-corrected chi connectivity index (χ2v) is 6.67. The van der Waals surface area contributed by atoms with Crippen LogP contribution in [0.3, 0.4) is 0 Å². The molecule has 0 radical (unpaired) electrons. The van der Waals surface area contributed by atoms with Gasteiger partial charge in [-0.05, 0) is 62.6 Å². The summed E-state index contributed by atoms with van der Waals surface area (Å²) in [6, 6.07) is 2.72. The van der Waals surface area contributed by atoms with Crippen molar-refractivity contribution < 1.29 is 0 Å². The third-order valence-corrected chi connectivity index (χ3v) is 4.70. The van der Waals surface area contributed by atoms with Crippen molar-refractivity contribution in [3.63, 3.8) is 0 Å². The fourth-order valence-electron chi connectivity index (χ4n) is 3.46. The Hall–Kier alpha value is -0.890. The van der Waals surface area contributed by atoms with Crippen LogP contribution in [0.1, 0.15) is 68.8 Å². The molecule has 0 aliphatic heterocycles. The molecule has 1 aromatic heterocycles. The molecule has 1 aliphatic carbocycles. The maximum Gasteiger partial charge on any atom is 0.0605 e. The fourth-order valence-corrected chi connectivity index (χ4v) is 3.46. The molecule has 0 bridgehead atoms. The molecule has 112 valence electrons. The van der Waals surface area contributed by atoms with Crippen LogP contribution in [0.5, 0.6) is 0 Å². The zero-order valence-electron chi connectivity index (χ0n) is 13.6. The number of rotatable bonds is 5. The van der Waals surface area contributed by atoms with Crippen LogP contribution in [0.15, 0.2) is 12.3 Å². The Bertz CT molecular complexity index is 419. The zero-order valence-corrected chi connectivity index (χ0v) is 13.6. The van der Waals surface area contributed by atoms with Crippen LogP contribution in [0.4, 0.5) is 0 Å². The van der Waals surface area contributed by atoms with Crippen LogP contribution in [0.2, 0.25) is 0 Å². The van der Waals surface area contributed by atoms with Crippen molar-refractivity contribution in [2.24, 2.45) is 11.8 Å². The predicted molar refractivity (Wildman–Crippen MR) is 85.9 cm³/mol. The van der Waals surface area contributed by atoms with Gasteiger partial charge in [0, 0.05) is 6.20 Å². The average Bonchev–Trinajstić information content (AvgIpc) is 2.42. The molecule has 1 fully saturated rings. The van der Waals surface area contributed by atoms with Crippen molar-refractivity contribution in [1.82, 2.24) is 10.3 Å². The summed E-state index contributed by atoms with van der Waals surface area (Å²) < 4.78 is 0. The standard InChI is InChI=1S/C18H30N2/c1-5-10-19-18(16-8-6-13(2)7-9-16)17-15(4)11-14(3)12-20-17/h11-13,16,18-19H,5-10H2,1-4H3. The summed E-state index contributed by atoms with van der Waals surface area (Å²) in [5, 5.41) is 3.77. The minimum absolute atomic E-state index is 0.447. The molecular weight excluding hydrogens is 244 g/mol. The molecule has 0 amide bonds. The number of nitrogens with zero attached hydrogens (tertiary/aromatic N) is 1. The van der Waals surface area contributed by atoms with E-state index < -0.39 is 0 Å². The van der Waals surface area contributed by atoms with Crippen molar-refractivity contribution in [1.29, 1.82) is 0 Å². The highest BCUT2D eigenvalue weighted by Gasteiger charge is 2.28. The number of hydrogen-bond donors (Lipinski definition) is 1. The maximum absolute atomic E-state index is 4.76. The second kappa shape index (κ2) is 7.21. The van der Waals surface area contributed by atoms with Crippen molar-refractivity contribution in [3.05, 3.63) is 29.1 Å². The summed E-state index contributed by atoms with van der Waals surface area (Å²) in [5.74, 6) is 1.66. The Balaban J connectivity index is 2.17. The molecule has 2 nitrogen and oxygen atoms in total. The summed E-state index contributed by atoms with van der Waals surface area (Å²) in [5.41, 5.74) is 3.89. The Morgan fingerprint density at radius 2 is 1.95 bits per heavy atom. The fraction of sp³-hybridized carbons (Fsp3) is 0.722. The quantitative estimate of drug-likeness (QED) is 0.851. The molecule has 1 aliphatic rings. The minimum Gasteiger partial charge on any atom is -0.308 e. The van der Waals surface area contributed by atoms with Gasteiger partial charge in [0.15, 0.2) is 0 Å². The molecule has 0 saturated heterocycles. The smallest absolute Gasteiger partial charge is 0.0605 e. The van der Waals surface area contributed by atoms with Crippen molar-refractivity contribution in [3.8, 4) is 0 Å². The molecule has 0 spiro atoms. The van der Waals surface area contributed by atoms with Crippen LogP contribution in [-0.2, 0) is 0 Å². The van der Waals surface area contributed by atoms with Gasteiger partial charge in [-0.3, -0.25) is 4.98 Å². The largest absolute Gasteiger partial charge is 0.308 e. The first-order valence-corrected chi connectivity index (χ1v) is 8.28. The Labute approximate surface area is 124 Å². The van der Waals surface area contributed by atoms with Crippen molar-refractivity contribution in [2.45, 2.75) is 65.8 Å². The lowest BCUT2D eigenvalue weighted by atomic mass is 9.77. The topological polar surface area (TPSA) is 24.9 Å². The van der Waals surface area contributed by atoms with Gasteiger partial charge < -0.3 is 5.32 Å². The molecule has 1 atom stereocenters. The van der Waals surface area contributed by atoms with Gasteiger partial charge in [-0.1, -0.05) is 32.8 Å². The minimum atomic E-state index is 0.447. The third kappa shape index (κ3) is 3.82. The molecule has 2 rings (SSSR count). The maximum atomic E-state index is 4.76. The van der Waals surface area contributed by atoms with E-state index in [1.54, 1.807) is 0 Å². The molecule has 0 aromatic carbocycles. The van der Waals surface area contributed by atoms with E-state index in [9.17, 15) is 0 Å². The zero-order chi connectivity index (χ0) is 14.5. The molecule has 20 heavy (non-hydrogen) atoms. The van der Waals surface area contributed by atoms with E-state index in [-0.39, 0.29) is 0 Å². The number of aryl methyl sites for hydroxylation is 2. The number of pyridine rings is 1. The number of hydrogen-bond acceptors (Lipinski definition) is 2. The predicted octanol–water partition coefficient (Wildman–Crippen LogP) is 4.57. The van der Waals surface area contributed by atoms with Crippen LogP contribution in [0, 0.1) is 25.7 Å². The van der Waals surface area contributed by atoms with Gasteiger partial charge >= 0.3 is 0 Å². The first kappa shape index (κ1) is 15.5. The van der Waals surface area contributed by atoms with E-state index in [4.69, 9.17) is 4.98 Å². The van der Waals surface area contributed by atoms with Crippen LogP contribution >= 0.6 is 0 Å². The van der Waals surface area contributed by atoms with E-state index in [1.807, 2.05) is 6.20 Å². The molecule has 1 unspecified atom stereocenters. The molecule has 1 heterocycles. The lowest BCUT2D eigenvalue weighted by Gasteiger charge is -2.33. The summed E-state index contributed by atoms with van der Waals surface area (Å²) >= 11 is 0. The Morgan fingerprint density at radius 3 is 2.55 bits per heavy atom. The molecule has 2 heteroatoms. The Morgan fingerprint density at radius 1 is 1.25 bits per heavy atom. The molecule has 1 aromatic rings. The molecule has 1 N–H and O–H groups in total. The van der Waals surface area contributed by atoms with E-state index in [1.165, 1.54) is 48.9 Å². The lowest BCUT2D eigenvalue weighted by molar-refractivity contribution is 0.228. The van der Waals surface area contributed by atoms with Gasteiger partial charge in [0.2, 0.25) is 0 Å². The summed E-state index contributed by atoms with van der Waals surface area (Å²) in [4.78, 5) is 4.76. The van der Waals surface area contributed by atoms with Crippen molar-refractivity contribution in [2.75, 3.05) is 6.54 Å². The normalized spacial score (nSPS) is 24.6. The molecular formula is C18H30N2. The summed E-state index contributed by atoms with van der Waals surface area (Å²) in [7, 11) is 0. The van der Waals surface area contributed by atoms with E-state index in [2.05, 4.69) is 39.1 Å². The van der Waals surface area contributed by atoms with Crippen LogP contribution in [-0.4, -0.2) is 11.5 Å². The number of nitrogens with one attached hydrogen (secondary N) is 1. The van der Waals surface area contributed by atoms with E-state index >= 15 is 0 Å². The number of aromatic nitrogens is 1. The van der Waals surface area contributed by atoms with Crippen molar-refractivity contribution >= 4 is 0 Å². The SMILES string of the molecule is CCCNC(c1ncc(C)cc1C)C1CCC(C)CC1. The third-order valence-electron chi connectivity index (χ3n) is 4.70. The molecule has 1 saturated carbocycles. The monoisotopic (exact) mass is 274 g/mol. The van der Waals surface area contributed by atoms with Gasteiger partial charge in [0.25, 0.3) is 0 Å². The van der Waals surface area contributed by atoms with E-state index in [0.29, 0.717) is 6.04 Å². The highest BCUT2D eigenvalue weighted by molar-refractivity contribution is 5.26. The van der Waals surface area contributed by atoms with Gasteiger partial charge in [-0.15, -0.1) is 0 Å². The highest BCUT2D eigenvalue weighted by Crippen LogP contribution is 2.37. The van der Waals surface area contributed by atoms with Gasteiger partial charge in [-0.2, -0.15) is 0 Å². The highest BCUT2D eigenvalue weighted by atomic mass is 14.9. The van der Waals surface area contributed by atoms with Gasteiger partial charge in [-0.25, -0.2) is 0 Å². The Kier molecular flexibility index (Phi) is 5.59. The first-order valence-electron chi connectivity index (χ1n) is 8.28. The van der Waals surface area contributed by atoms with Crippen LogP contribution in [0.25, 0.3) is 0 Å². The first-order chi connectivity index (χ1) is 9.61. The summed E-state index contributed by atoms with van der Waals surface area (Å²) in [6.45, 7) is 10.1.